The van der Waals surface area contributed by atoms with Crippen molar-refractivity contribution < 1.29 is 19.5 Å². The second-order valence-corrected chi connectivity index (χ2v) is 6.85. The fraction of sp³-hybridized carbons (Fsp3) is 0.0500. The number of carboxylic acids is 1. The number of benzene rings is 2. The minimum atomic E-state index is -1.17. The van der Waals surface area contributed by atoms with Crippen LogP contribution in [-0.2, 0) is 0 Å². The van der Waals surface area contributed by atoms with Crippen LogP contribution < -0.4 is 4.90 Å². The average Bonchev–Trinajstić information content (AvgIpc) is 3.16. The quantitative estimate of drug-likeness (QED) is 0.707. The van der Waals surface area contributed by atoms with Crippen molar-refractivity contribution >= 4 is 34.1 Å². The monoisotopic (exact) mass is 363 g/mol. The summed E-state index contributed by atoms with van der Waals surface area (Å²) in [7, 11) is 0. The van der Waals surface area contributed by atoms with Gasteiger partial charge in [-0.3, -0.25) is 9.59 Å². The molecule has 0 radical (unpaired) electrons. The zero-order chi connectivity index (χ0) is 18.4. The number of nitrogens with zero attached hydrogens (tertiary/aromatic N) is 1. The molecule has 0 saturated carbocycles. The van der Waals surface area contributed by atoms with Crippen LogP contribution in [0.2, 0.25) is 0 Å². The van der Waals surface area contributed by atoms with Crippen molar-refractivity contribution in [3.63, 3.8) is 0 Å². The van der Waals surface area contributed by atoms with E-state index in [0.717, 1.165) is 27.4 Å². The third-order valence-electron chi connectivity index (χ3n) is 4.35. The third-order valence-corrected chi connectivity index (χ3v) is 5.31. The summed E-state index contributed by atoms with van der Waals surface area (Å²) < 4.78 is 0. The number of imide groups is 1. The number of carboxylic acid groups (broad SMARTS) is 1. The van der Waals surface area contributed by atoms with E-state index in [-0.39, 0.29) is 10.6 Å². The Kier molecular flexibility index (Phi) is 3.70. The fourth-order valence-corrected chi connectivity index (χ4v) is 4.11. The van der Waals surface area contributed by atoms with Gasteiger partial charge in [0.1, 0.15) is 10.6 Å². The first kappa shape index (κ1) is 16.2. The second kappa shape index (κ2) is 5.93. The van der Waals surface area contributed by atoms with Gasteiger partial charge < -0.3 is 5.11 Å². The number of thiophene rings is 1. The first-order chi connectivity index (χ1) is 12.5. The number of amides is 2. The Hall–Kier alpha value is -3.25. The summed E-state index contributed by atoms with van der Waals surface area (Å²) in [6.07, 6.45) is 0. The minimum absolute atomic E-state index is 0.0339. The molecule has 0 atom stereocenters. The maximum Gasteiger partial charge on any atom is 0.339 e. The lowest BCUT2D eigenvalue weighted by Crippen LogP contribution is -2.30. The number of anilines is 1. The molecule has 0 spiro atoms. The molecule has 6 heteroatoms. The molecule has 0 aliphatic carbocycles. The number of aromatic carboxylic acids is 1. The molecule has 2 amide bonds. The van der Waals surface area contributed by atoms with Crippen LogP contribution >= 0.6 is 11.3 Å². The van der Waals surface area contributed by atoms with Crippen LogP contribution in [0.4, 0.5) is 5.00 Å². The Bertz CT molecular complexity index is 1030. The van der Waals surface area contributed by atoms with Crippen LogP contribution in [-0.4, -0.2) is 22.9 Å². The standard InChI is InChI=1S/C20H13NO4S/c1-11-6-8-12(9-7-11)15-10-26-19(16(15)20(24)25)21-17(22)13-4-2-3-5-14(13)18(21)23/h2-10H,1H3,(H,24,25). The van der Waals surface area contributed by atoms with E-state index in [4.69, 9.17) is 0 Å². The Morgan fingerprint density at radius 2 is 1.50 bits per heavy atom. The first-order valence-corrected chi connectivity index (χ1v) is 8.76. The lowest BCUT2D eigenvalue weighted by atomic mass is 10.0. The summed E-state index contributed by atoms with van der Waals surface area (Å²) >= 11 is 1.08. The molecule has 0 saturated heterocycles. The van der Waals surface area contributed by atoms with E-state index in [9.17, 15) is 19.5 Å². The molecule has 3 aromatic rings. The van der Waals surface area contributed by atoms with Crippen molar-refractivity contribution in [3.8, 4) is 11.1 Å². The largest absolute Gasteiger partial charge is 0.478 e. The molecule has 4 rings (SSSR count). The van der Waals surface area contributed by atoms with E-state index in [2.05, 4.69) is 0 Å². The van der Waals surface area contributed by atoms with E-state index < -0.39 is 17.8 Å². The van der Waals surface area contributed by atoms with Gasteiger partial charge in [-0.15, -0.1) is 11.3 Å². The Morgan fingerprint density at radius 1 is 0.923 bits per heavy atom. The predicted octanol–water partition coefficient (Wildman–Crippen LogP) is 4.22. The lowest BCUT2D eigenvalue weighted by molar-refractivity contribution is 0.0699. The highest BCUT2D eigenvalue weighted by Crippen LogP contribution is 2.41. The molecule has 1 aromatic heterocycles. The number of aryl methyl sites for hydroxylation is 1. The third kappa shape index (κ3) is 2.34. The number of hydrogen-bond donors (Lipinski definition) is 1. The van der Waals surface area contributed by atoms with Crippen molar-refractivity contribution in [3.05, 3.63) is 76.2 Å². The Labute approximate surface area is 153 Å². The van der Waals surface area contributed by atoms with Gasteiger partial charge in [0.2, 0.25) is 0 Å². The number of carbonyl (C=O) groups is 3. The summed E-state index contributed by atoms with van der Waals surface area (Å²) in [6, 6.07) is 13.9. The van der Waals surface area contributed by atoms with Crippen LogP contribution in [0.5, 0.6) is 0 Å². The highest BCUT2D eigenvalue weighted by molar-refractivity contribution is 7.15. The van der Waals surface area contributed by atoms with Crippen LogP contribution in [0.25, 0.3) is 11.1 Å². The maximum atomic E-state index is 12.7. The molecule has 0 bridgehead atoms. The van der Waals surface area contributed by atoms with E-state index in [1.165, 1.54) is 0 Å². The van der Waals surface area contributed by atoms with Gasteiger partial charge in [0.15, 0.2) is 0 Å². The van der Waals surface area contributed by atoms with Crippen molar-refractivity contribution in [2.75, 3.05) is 4.90 Å². The van der Waals surface area contributed by atoms with Gasteiger partial charge in [0.05, 0.1) is 11.1 Å². The Morgan fingerprint density at radius 3 is 2.04 bits per heavy atom. The summed E-state index contributed by atoms with van der Waals surface area (Å²) in [6.45, 7) is 1.94. The van der Waals surface area contributed by atoms with Crippen LogP contribution in [0.1, 0.15) is 36.6 Å². The molecule has 5 nitrogen and oxygen atoms in total. The molecule has 128 valence electrons. The molecule has 1 aliphatic rings. The van der Waals surface area contributed by atoms with Crippen LogP contribution in [0.3, 0.4) is 0 Å². The molecule has 0 unspecified atom stereocenters. The fourth-order valence-electron chi connectivity index (χ4n) is 3.04. The molecule has 2 heterocycles. The molecule has 0 fully saturated rings. The number of carbonyl (C=O) groups excluding carboxylic acids is 2. The Balaban J connectivity index is 1.86. The molecule has 26 heavy (non-hydrogen) atoms. The summed E-state index contributed by atoms with van der Waals surface area (Å²) in [4.78, 5) is 38.3. The molecule has 1 aliphatic heterocycles. The van der Waals surface area contributed by atoms with E-state index >= 15 is 0 Å². The van der Waals surface area contributed by atoms with Gasteiger partial charge in [0, 0.05) is 10.9 Å². The molecular formula is C20H13NO4S. The normalized spacial score (nSPS) is 13.2. The maximum absolute atomic E-state index is 12.7. The average molecular weight is 363 g/mol. The van der Waals surface area contributed by atoms with Crippen molar-refractivity contribution in [1.82, 2.24) is 0 Å². The minimum Gasteiger partial charge on any atom is -0.478 e. The van der Waals surface area contributed by atoms with Gasteiger partial charge in [-0.05, 0) is 24.6 Å². The highest BCUT2D eigenvalue weighted by Gasteiger charge is 2.39. The zero-order valence-corrected chi connectivity index (χ0v) is 14.5. The highest BCUT2D eigenvalue weighted by atomic mass is 32.1. The summed E-state index contributed by atoms with van der Waals surface area (Å²) in [5.41, 5.74) is 2.83. The van der Waals surface area contributed by atoms with Crippen molar-refractivity contribution in [2.45, 2.75) is 6.92 Å². The van der Waals surface area contributed by atoms with E-state index in [0.29, 0.717) is 16.7 Å². The summed E-state index contributed by atoms with van der Waals surface area (Å²) in [5.74, 6) is -2.16. The number of rotatable bonds is 3. The molecule has 2 aromatic carbocycles. The predicted molar refractivity (Wildman–Crippen MR) is 99.0 cm³/mol. The lowest BCUT2D eigenvalue weighted by Gasteiger charge is -2.13. The van der Waals surface area contributed by atoms with Gasteiger partial charge in [0.25, 0.3) is 11.8 Å². The van der Waals surface area contributed by atoms with Gasteiger partial charge in [-0.1, -0.05) is 42.0 Å². The van der Waals surface area contributed by atoms with Crippen molar-refractivity contribution in [1.29, 1.82) is 0 Å². The number of fused-ring (bicyclic) bond motifs is 1. The van der Waals surface area contributed by atoms with Crippen molar-refractivity contribution in [2.24, 2.45) is 0 Å². The SMILES string of the molecule is Cc1ccc(-c2csc(N3C(=O)c4ccccc4C3=O)c2C(=O)O)cc1. The smallest absolute Gasteiger partial charge is 0.339 e. The van der Waals surface area contributed by atoms with Gasteiger partial charge in [-0.2, -0.15) is 0 Å². The molecule has 1 N–H and O–H groups in total. The van der Waals surface area contributed by atoms with Crippen LogP contribution in [0.15, 0.2) is 53.9 Å². The second-order valence-electron chi connectivity index (χ2n) is 5.99. The first-order valence-electron chi connectivity index (χ1n) is 7.88. The van der Waals surface area contributed by atoms with Gasteiger partial charge in [-0.25, -0.2) is 9.69 Å². The molecular weight excluding hydrogens is 350 g/mol. The summed E-state index contributed by atoms with van der Waals surface area (Å²) in [5, 5.41) is 11.6. The zero-order valence-electron chi connectivity index (χ0n) is 13.7. The van der Waals surface area contributed by atoms with Gasteiger partial charge >= 0.3 is 5.97 Å². The number of hydrogen-bond acceptors (Lipinski definition) is 4. The van der Waals surface area contributed by atoms with E-state index in [1.54, 1.807) is 29.6 Å². The topological polar surface area (TPSA) is 74.7 Å². The van der Waals surface area contributed by atoms with E-state index in [1.807, 2.05) is 31.2 Å². The van der Waals surface area contributed by atoms with Crippen LogP contribution in [0, 0.1) is 6.92 Å².